The largest absolute Gasteiger partial charge is 0.365 e. The van der Waals surface area contributed by atoms with E-state index in [1.807, 2.05) is 43.8 Å². The first-order valence-electron chi connectivity index (χ1n) is 6.95. The number of likely N-dealkylation sites (N-methyl/N-ethyl adjacent to an activating group) is 2. The average molecular weight is 342 g/mol. The van der Waals surface area contributed by atoms with Crippen LogP contribution in [0.25, 0.3) is 0 Å². The summed E-state index contributed by atoms with van der Waals surface area (Å²) in [4.78, 5) is 15.9. The molecule has 1 aromatic carbocycles. The molecule has 4 nitrogen and oxygen atoms in total. The number of rotatable bonds is 7. The van der Waals surface area contributed by atoms with E-state index in [0.29, 0.717) is 6.54 Å². The van der Waals surface area contributed by atoms with Crippen LogP contribution in [0, 0.1) is 0 Å². The van der Waals surface area contributed by atoms with Crippen molar-refractivity contribution in [1.82, 2.24) is 10.2 Å². The topological polar surface area (TPSA) is 35.6 Å². The highest BCUT2D eigenvalue weighted by Crippen LogP contribution is 2.23. The quantitative estimate of drug-likeness (QED) is 0.827. The van der Waals surface area contributed by atoms with E-state index in [1.54, 1.807) is 0 Å². The number of anilines is 1. The number of nitrogens with one attached hydrogen (secondary N) is 1. The molecule has 5 heteroatoms. The lowest BCUT2D eigenvalue weighted by molar-refractivity contribution is -0.129. The minimum Gasteiger partial charge on any atom is -0.365 e. The molecule has 0 fully saturated rings. The molecule has 1 N–H and O–H groups in total. The maximum atomic E-state index is 12.1. The van der Waals surface area contributed by atoms with Gasteiger partial charge in [-0.25, -0.2) is 0 Å². The Morgan fingerprint density at radius 2 is 1.95 bits per heavy atom. The van der Waals surface area contributed by atoms with Gasteiger partial charge < -0.3 is 15.1 Å². The van der Waals surface area contributed by atoms with Gasteiger partial charge in [0.25, 0.3) is 0 Å². The molecule has 1 rings (SSSR count). The van der Waals surface area contributed by atoms with Crippen molar-refractivity contribution < 1.29 is 4.79 Å². The van der Waals surface area contributed by atoms with Gasteiger partial charge in [-0.2, -0.15) is 0 Å². The van der Waals surface area contributed by atoms with Crippen LogP contribution in [0.5, 0.6) is 0 Å². The number of carbonyl (C=O) groups excluding carboxylic acids is 1. The second kappa shape index (κ2) is 8.27. The van der Waals surface area contributed by atoms with Gasteiger partial charge in [0.15, 0.2) is 0 Å². The average Bonchev–Trinajstić information content (AvgIpc) is 2.42. The Kier molecular flexibility index (Phi) is 7.02. The molecule has 0 saturated carbocycles. The standard InChI is InChI=1S/C15H24BrN3O/c1-5-19(6-2)15(20)11-18(4)13-8-7-12(10-17-3)14(16)9-13/h7-9,17H,5-6,10-11H2,1-4H3. The van der Waals surface area contributed by atoms with Crippen LogP contribution in [0.2, 0.25) is 0 Å². The van der Waals surface area contributed by atoms with Crippen LogP contribution in [-0.2, 0) is 11.3 Å². The molecule has 0 atom stereocenters. The van der Waals surface area contributed by atoms with E-state index in [2.05, 4.69) is 33.4 Å². The summed E-state index contributed by atoms with van der Waals surface area (Å²) in [7, 11) is 3.87. The number of hydrogen-bond acceptors (Lipinski definition) is 3. The van der Waals surface area contributed by atoms with E-state index in [9.17, 15) is 4.79 Å². The third-order valence-electron chi connectivity index (χ3n) is 3.33. The monoisotopic (exact) mass is 341 g/mol. The van der Waals surface area contributed by atoms with Crippen molar-refractivity contribution in [2.45, 2.75) is 20.4 Å². The minimum absolute atomic E-state index is 0.160. The smallest absolute Gasteiger partial charge is 0.242 e. The molecule has 0 heterocycles. The second-order valence-corrected chi connectivity index (χ2v) is 5.58. The summed E-state index contributed by atoms with van der Waals surface area (Å²) in [6.45, 7) is 6.75. The summed E-state index contributed by atoms with van der Waals surface area (Å²) in [5.41, 5.74) is 2.25. The highest BCUT2D eigenvalue weighted by atomic mass is 79.9. The van der Waals surface area contributed by atoms with Gasteiger partial charge in [-0.1, -0.05) is 22.0 Å². The SMILES string of the molecule is CCN(CC)C(=O)CN(C)c1ccc(CNC)c(Br)c1. The Balaban J connectivity index is 2.75. The number of benzene rings is 1. The summed E-state index contributed by atoms with van der Waals surface area (Å²) >= 11 is 3.58. The van der Waals surface area contributed by atoms with Gasteiger partial charge in [-0.15, -0.1) is 0 Å². The summed E-state index contributed by atoms with van der Waals surface area (Å²) in [6, 6.07) is 6.18. The lowest BCUT2D eigenvalue weighted by Crippen LogP contribution is -2.38. The Morgan fingerprint density at radius 3 is 2.45 bits per heavy atom. The summed E-state index contributed by atoms with van der Waals surface area (Å²) in [5, 5.41) is 3.13. The number of amides is 1. The fourth-order valence-electron chi connectivity index (χ4n) is 2.08. The molecule has 1 aromatic rings. The van der Waals surface area contributed by atoms with Gasteiger partial charge >= 0.3 is 0 Å². The van der Waals surface area contributed by atoms with Gasteiger partial charge in [0, 0.05) is 36.8 Å². The molecule has 0 aromatic heterocycles. The molecule has 0 radical (unpaired) electrons. The molecule has 20 heavy (non-hydrogen) atoms. The van der Waals surface area contributed by atoms with Crippen molar-refractivity contribution in [1.29, 1.82) is 0 Å². The molecule has 0 unspecified atom stereocenters. The van der Waals surface area contributed by atoms with E-state index in [0.717, 1.165) is 29.8 Å². The number of nitrogens with zero attached hydrogens (tertiary/aromatic N) is 2. The van der Waals surface area contributed by atoms with Gasteiger partial charge in [0.2, 0.25) is 5.91 Å². The summed E-state index contributed by atoms with van der Waals surface area (Å²) in [6.07, 6.45) is 0. The molecule has 1 amide bonds. The van der Waals surface area contributed by atoms with Crippen molar-refractivity contribution in [2.24, 2.45) is 0 Å². The van der Waals surface area contributed by atoms with Gasteiger partial charge in [-0.3, -0.25) is 4.79 Å². The Labute approximate surface area is 130 Å². The van der Waals surface area contributed by atoms with Crippen LogP contribution < -0.4 is 10.2 Å². The van der Waals surface area contributed by atoms with E-state index in [4.69, 9.17) is 0 Å². The molecule has 0 bridgehead atoms. The fourth-order valence-corrected chi connectivity index (χ4v) is 2.58. The highest BCUT2D eigenvalue weighted by Gasteiger charge is 2.13. The van der Waals surface area contributed by atoms with E-state index < -0.39 is 0 Å². The lowest BCUT2D eigenvalue weighted by Gasteiger charge is -2.24. The first-order chi connectivity index (χ1) is 9.53. The van der Waals surface area contributed by atoms with Crippen LogP contribution in [0.1, 0.15) is 19.4 Å². The Morgan fingerprint density at radius 1 is 1.30 bits per heavy atom. The predicted octanol–water partition coefficient (Wildman–Crippen LogP) is 2.47. The summed E-state index contributed by atoms with van der Waals surface area (Å²) < 4.78 is 1.06. The minimum atomic E-state index is 0.160. The highest BCUT2D eigenvalue weighted by molar-refractivity contribution is 9.10. The van der Waals surface area contributed by atoms with E-state index in [1.165, 1.54) is 5.56 Å². The Bertz CT molecular complexity index is 447. The molecule has 0 spiro atoms. The molecule has 0 saturated heterocycles. The fraction of sp³-hybridized carbons (Fsp3) is 0.533. The zero-order valence-corrected chi connectivity index (χ0v) is 14.3. The first kappa shape index (κ1) is 17.0. The van der Waals surface area contributed by atoms with E-state index in [-0.39, 0.29) is 5.91 Å². The van der Waals surface area contributed by atoms with Crippen LogP contribution in [-0.4, -0.2) is 44.5 Å². The zero-order chi connectivity index (χ0) is 15.1. The Hall–Kier alpha value is -1.07. The van der Waals surface area contributed by atoms with Crippen molar-refractivity contribution in [2.75, 3.05) is 38.6 Å². The van der Waals surface area contributed by atoms with Gasteiger partial charge in [0.1, 0.15) is 0 Å². The van der Waals surface area contributed by atoms with Crippen molar-refractivity contribution in [3.8, 4) is 0 Å². The van der Waals surface area contributed by atoms with Crippen molar-refractivity contribution in [3.05, 3.63) is 28.2 Å². The zero-order valence-electron chi connectivity index (χ0n) is 12.7. The summed E-state index contributed by atoms with van der Waals surface area (Å²) in [5.74, 6) is 0.160. The van der Waals surface area contributed by atoms with Crippen molar-refractivity contribution >= 4 is 27.5 Å². The van der Waals surface area contributed by atoms with Crippen LogP contribution >= 0.6 is 15.9 Å². The molecule has 112 valence electrons. The van der Waals surface area contributed by atoms with Gasteiger partial charge in [0.05, 0.1) is 6.54 Å². The molecular formula is C15H24BrN3O. The molecular weight excluding hydrogens is 318 g/mol. The molecule has 0 aliphatic rings. The van der Waals surface area contributed by atoms with Crippen LogP contribution in [0.3, 0.4) is 0 Å². The lowest BCUT2D eigenvalue weighted by atomic mass is 10.2. The third-order valence-corrected chi connectivity index (χ3v) is 4.07. The van der Waals surface area contributed by atoms with E-state index >= 15 is 0 Å². The maximum absolute atomic E-state index is 12.1. The van der Waals surface area contributed by atoms with Crippen LogP contribution in [0.15, 0.2) is 22.7 Å². The molecule has 0 aliphatic heterocycles. The maximum Gasteiger partial charge on any atom is 0.242 e. The third kappa shape index (κ3) is 4.49. The second-order valence-electron chi connectivity index (χ2n) is 4.73. The van der Waals surface area contributed by atoms with Crippen molar-refractivity contribution in [3.63, 3.8) is 0 Å². The van der Waals surface area contributed by atoms with Gasteiger partial charge in [-0.05, 0) is 38.6 Å². The molecule has 0 aliphatic carbocycles. The number of carbonyl (C=O) groups is 1. The first-order valence-corrected chi connectivity index (χ1v) is 7.74. The number of hydrogen-bond donors (Lipinski definition) is 1. The normalized spacial score (nSPS) is 10.4. The predicted molar refractivity (Wildman–Crippen MR) is 88.1 cm³/mol. The number of halogens is 1. The van der Waals surface area contributed by atoms with Crippen LogP contribution in [0.4, 0.5) is 5.69 Å².